The van der Waals surface area contributed by atoms with E-state index >= 15 is 0 Å². The van der Waals surface area contributed by atoms with E-state index in [-0.39, 0.29) is 6.61 Å². The molecule has 0 saturated carbocycles. The van der Waals surface area contributed by atoms with E-state index in [2.05, 4.69) is 17.1 Å². The van der Waals surface area contributed by atoms with Crippen LogP contribution in [0.4, 0.5) is 0 Å². The molecule has 2 heteroatoms. The Bertz CT molecular complexity index is 318. The smallest absolute Gasteiger partial charge is 0.0853 e. The molecule has 12 heavy (non-hydrogen) atoms. The van der Waals surface area contributed by atoms with Gasteiger partial charge in [0, 0.05) is 0 Å². The van der Waals surface area contributed by atoms with Crippen molar-refractivity contribution in [3.8, 4) is 0 Å². The van der Waals surface area contributed by atoms with Crippen molar-refractivity contribution in [3.63, 3.8) is 0 Å². The van der Waals surface area contributed by atoms with E-state index in [1.165, 1.54) is 5.56 Å². The molecule has 2 rings (SSSR count). The van der Waals surface area contributed by atoms with E-state index in [0.29, 0.717) is 0 Å². The Morgan fingerprint density at radius 1 is 1.42 bits per heavy atom. The van der Waals surface area contributed by atoms with Crippen LogP contribution < -0.4 is 0 Å². The monoisotopic (exact) mass is 161 g/mol. The molecular weight excluding hydrogens is 150 g/mol. The van der Waals surface area contributed by atoms with Crippen LogP contribution in [0.5, 0.6) is 0 Å². The number of hydrogen-bond donors (Lipinski definition) is 1. The Labute approximate surface area is 71.6 Å². The van der Waals surface area contributed by atoms with Gasteiger partial charge in [-0.25, -0.2) is 0 Å². The third-order valence-corrected chi connectivity index (χ3v) is 2.09. The van der Waals surface area contributed by atoms with Crippen LogP contribution in [-0.2, 0) is 13.0 Å². The average molecular weight is 161 g/mol. The molecule has 0 radical (unpaired) electrons. The molecule has 0 atom stereocenters. The van der Waals surface area contributed by atoms with Crippen molar-refractivity contribution in [1.82, 2.24) is 4.98 Å². The lowest BCUT2D eigenvalue weighted by atomic mass is 10.0. The lowest BCUT2D eigenvalue weighted by molar-refractivity contribution is 0.276. The maximum absolute atomic E-state index is 8.85. The standard InChI is InChI=1S/C10H11NO/c12-7-9-6-5-8-3-1-2-4-10(8)11-9/h2,4-6,12H,1,3,7H2. The predicted octanol–water partition coefficient (Wildman–Crippen LogP) is 1.53. The van der Waals surface area contributed by atoms with Gasteiger partial charge in [-0.3, -0.25) is 4.98 Å². The van der Waals surface area contributed by atoms with Gasteiger partial charge in [-0.15, -0.1) is 0 Å². The highest BCUT2D eigenvalue weighted by atomic mass is 16.3. The summed E-state index contributed by atoms with van der Waals surface area (Å²) in [6.07, 6.45) is 6.33. The first-order valence-corrected chi connectivity index (χ1v) is 4.16. The van der Waals surface area contributed by atoms with Crippen molar-refractivity contribution < 1.29 is 5.11 Å². The van der Waals surface area contributed by atoms with Crippen LogP contribution in [0.25, 0.3) is 6.08 Å². The fourth-order valence-corrected chi connectivity index (χ4v) is 1.42. The van der Waals surface area contributed by atoms with E-state index in [4.69, 9.17) is 5.11 Å². The van der Waals surface area contributed by atoms with Crippen molar-refractivity contribution in [3.05, 3.63) is 35.2 Å². The predicted molar refractivity (Wildman–Crippen MR) is 47.5 cm³/mol. The summed E-state index contributed by atoms with van der Waals surface area (Å²) in [4.78, 5) is 4.29. The molecular formula is C10H11NO. The number of aryl methyl sites for hydroxylation is 1. The molecule has 0 fully saturated rings. The average Bonchev–Trinajstić information content (AvgIpc) is 2.17. The number of aromatic nitrogens is 1. The molecule has 1 aliphatic carbocycles. The third kappa shape index (κ3) is 1.25. The number of rotatable bonds is 1. The van der Waals surface area contributed by atoms with Crippen LogP contribution in [0.15, 0.2) is 18.2 Å². The first kappa shape index (κ1) is 7.50. The molecule has 1 aliphatic rings. The van der Waals surface area contributed by atoms with Crippen molar-refractivity contribution in [2.75, 3.05) is 0 Å². The number of aliphatic hydroxyl groups is 1. The molecule has 0 bridgehead atoms. The summed E-state index contributed by atoms with van der Waals surface area (Å²) in [6.45, 7) is 0.0289. The summed E-state index contributed by atoms with van der Waals surface area (Å²) in [5.74, 6) is 0. The van der Waals surface area contributed by atoms with Gasteiger partial charge < -0.3 is 5.11 Å². The second kappa shape index (κ2) is 3.07. The SMILES string of the molecule is OCc1ccc2c(n1)C=CCC2. The highest BCUT2D eigenvalue weighted by Crippen LogP contribution is 2.17. The molecule has 0 aliphatic heterocycles. The quantitative estimate of drug-likeness (QED) is 0.677. The van der Waals surface area contributed by atoms with Gasteiger partial charge >= 0.3 is 0 Å². The largest absolute Gasteiger partial charge is 0.390 e. The summed E-state index contributed by atoms with van der Waals surface area (Å²) in [5.41, 5.74) is 3.06. The molecule has 1 heterocycles. The minimum atomic E-state index is 0.0289. The lowest BCUT2D eigenvalue weighted by Crippen LogP contribution is -1.99. The summed E-state index contributed by atoms with van der Waals surface area (Å²) >= 11 is 0. The fraction of sp³-hybridized carbons (Fsp3) is 0.300. The first-order chi connectivity index (χ1) is 5.90. The highest BCUT2D eigenvalue weighted by Gasteiger charge is 2.05. The first-order valence-electron chi connectivity index (χ1n) is 4.16. The Morgan fingerprint density at radius 3 is 3.17 bits per heavy atom. The van der Waals surface area contributed by atoms with E-state index in [1.54, 1.807) is 0 Å². The minimum absolute atomic E-state index is 0.0289. The van der Waals surface area contributed by atoms with Gasteiger partial charge in [0.15, 0.2) is 0 Å². The summed E-state index contributed by atoms with van der Waals surface area (Å²) in [6, 6.07) is 3.94. The third-order valence-electron chi connectivity index (χ3n) is 2.09. The normalized spacial score (nSPS) is 14.4. The Morgan fingerprint density at radius 2 is 2.33 bits per heavy atom. The van der Waals surface area contributed by atoms with Crippen LogP contribution in [-0.4, -0.2) is 10.1 Å². The van der Waals surface area contributed by atoms with Crippen molar-refractivity contribution in [1.29, 1.82) is 0 Å². The zero-order chi connectivity index (χ0) is 8.39. The zero-order valence-electron chi connectivity index (χ0n) is 6.83. The number of allylic oxidation sites excluding steroid dienone is 1. The number of hydrogen-bond acceptors (Lipinski definition) is 2. The number of fused-ring (bicyclic) bond motifs is 1. The lowest BCUT2D eigenvalue weighted by Gasteiger charge is -2.09. The summed E-state index contributed by atoms with van der Waals surface area (Å²) < 4.78 is 0. The van der Waals surface area contributed by atoms with Crippen LogP contribution in [0.3, 0.4) is 0 Å². The molecule has 0 spiro atoms. The number of pyridine rings is 1. The topological polar surface area (TPSA) is 33.1 Å². The molecule has 1 aromatic heterocycles. The van der Waals surface area contributed by atoms with Gasteiger partial charge in [0.1, 0.15) is 0 Å². The summed E-state index contributed by atoms with van der Waals surface area (Å²) in [7, 11) is 0. The molecule has 0 saturated heterocycles. The molecule has 0 aromatic carbocycles. The van der Waals surface area contributed by atoms with E-state index in [9.17, 15) is 0 Å². The minimum Gasteiger partial charge on any atom is -0.390 e. The van der Waals surface area contributed by atoms with Gasteiger partial charge in [-0.1, -0.05) is 12.1 Å². The van der Waals surface area contributed by atoms with Gasteiger partial charge in [0.05, 0.1) is 18.0 Å². The highest BCUT2D eigenvalue weighted by molar-refractivity contribution is 5.52. The van der Waals surface area contributed by atoms with E-state index in [1.807, 2.05) is 12.1 Å². The summed E-state index contributed by atoms with van der Waals surface area (Å²) in [5, 5.41) is 8.85. The molecule has 2 nitrogen and oxygen atoms in total. The number of nitrogens with zero attached hydrogens (tertiary/aromatic N) is 1. The maximum atomic E-state index is 8.85. The molecule has 0 amide bonds. The van der Waals surface area contributed by atoms with Gasteiger partial charge in [-0.05, 0) is 30.5 Å². The molecule has 1 aromatic rings. The van der Waals surface area contributed by atoms with E-state index < -0.39 is 0 Å². The molecule has 0 unspecified atom stereocenters. The van der Waals surface area contributed by atoms with Gasteiger partial charge in [-0.2, -0.15) is 0 Å². The van der Waals surface area contributed by atoms with E-state index in [0.717, 1.165) is 24.2 Å². The van der Waals surface area contributed by atoms with Crippen LogP contribution in [0.2, 0.25) is 0 Å². The van der Waals surface area contributed by atoms with Crippen molar-refractivity contribution in [2.24, 2.45) is 0 Å². The second-order valence-corrected chi connectivity index (χ2v) is 2.95. The fourth-order valence-electron chi connectivity index (χ4n) is 1.42. The Kier molecular flexibility index (Phi) is 1.92. The van der Waals surface area contributed by atoms with Gasteiger partial charge in [0.25, 0.3) is 0 Å². The zero-order valence-corrected chi connectivity index (χ0v) is 6.83. The Hall–Kier alpha value is -1.15. The number of aliphatic hydroxyl groups excluding tert-OH is 1. The van der Waals surface area contributed by atoms with Crippen LogP contribution in [0.1, 0.15) is 23.4 Å². The molecule has 62 valence electrons. The van der Waals surface area contributed by atoms with Gasteiger partial charge in [0.2, 0.25) is 0 Å². The maximum Gasteiger partial charge on any atom is 0.0853 e. The van der Waals surface area contributed by atoms with Crippen LogP contribution in [0, 0.1) is 0 Å². The van der Waals surface area contributed by atoms with Crippen LogP contribution >= 0.6 is 0 Å². The van der Waals surface area contributed by atoms with Crippen molar-refractivity contribution in [2.45, 2.75) is 19.4 Å². The van der Waals surface area contributed by atoms with Crippen molar-refractivity contribution >= 4 is 6.08 Å². The Balaban J connectivity index is 2.44. The molecule has 1 N–H and O–H groups in total. The second-order valence-electron chi connectivity index (χ2n) is 2.95.